The number of rotatable bonds is 9. The van der Waals surface area contributed by atoms with Crippen LogP contribution in [0.2, 0.25) is 0 Å². The molecular weight excluding hydrogens is 468 g/mol. The number of aliphatic carboxylic acids is 1. The van der Waals surface area contributed by atoms with Crippen molar-refractivity contribution in [3.05, 3.63) is 64.8 Å². The Bertz CT molecular complexity index is 1270. The van der Waals surface area contributed by atoms with E-state index in [9.17, 15) is 19.5 Å². The zero-order chi connectivity index (χ0) is 24.9. The lowest BCUT2D eigenvalue weighted by Gasteiger charge is -2.17. The number of aromatic nitrogens is 2. The van der Waals surface area contributed by atoms with Crippen LogP contribution in [0.15, 0.2) is 48.8 Å². The third-order valence-electron chi connectivity index (χ3n) is 5.56. The molecule has 0 bridgehead atoms. The first kappa shape index (κ1) is 24.3. The number of hydrogen-bond donors (Lipinski definition) is 3. The molecule has 1 aliphatic rings. The van der Waals surface area contributed by atoms with Gasteiger partial charge >= 0.3 is 5.97 Å². The van der Waals surface area contributed by atoms with E-state index >= 15 is 0 Å². The van der Waals surface area contributed by atoms with E-state index in [1.54, 1.807) is 29.2 Å². The lowest BCUT2D eigenvalue weighted by atomic mass is 10.1. The van der Waals surface area contributed by atoms with Crippen molar-refractivity contribution in [1.82, 2.24) is 25.1 Å². The zero-order valence-electron chi connectivity index (χ0n) is 19.4. The van der Waals surface area contributed by atoms with E-state index < -0.39 is 12.0 Å². The maximum atomic E-state index is 12.7. The quantitative estimate of drug-likeness (QED) is 0.386. The van der Waals surface area contributed by atoms with Gasteiger partial charge in [-0.2, -0.15) is 0 Å². The monoisotopic (exact) mass is 494 g/mol. The van der Waals surface area contributed by atoms with Crippen molar-refractivity contribution in [3.8, 4) is 0 Å². The highest BCUT2D eigenvalue weighted by atomic mass is 32.1. The molecule has 0 saturated carbocycles. The van der Waals surface area contributed by atoms with Gasteiger partial charge in [-0.3, -0.25) is 9.59 Å². The number of carboxylic acids is 1. The summed E-state index contributed by atoms with van der Waals surface area (Å²) < 4.78 is 0. The van der Waals surface area contributed by atoms with Gasteiger partial charge in [0.15, 0.2) is 6.04 Å². The second kappa shape index (κ2) is 10.6. The number of carbonyl (C=O) groups is 3. The highest BCUT2D eigenvalue weighted by Crippen LogP contribution is 2.40. The number of amides is 2. The van der Waals surface area contributed by atoms with Gasteiger partial charge in [0, 0.05) is 42.2 Å². The molecule has 35 heavy (non-hydrogen) atoms. The van der Waals surface area contributed by atoms with Crippen molar-refractivity contribution in [2.45, 2.75) is 19.1 Å². The first-order valence-corrected chi connectivity index (χ1v) is 11.8. The molecule has 2 amide bonds. The molecule has 0 aliphatic carbocycles. The van der Waals surface area contributed by atoms with Crippen LogP contribution in [0.25, 0.3) is 10.2 Å². The molecule has 3 heterocycles. The van der Waals surface area contributed by atoms with Crippen molar-refractivity contribution >= 4 is 45.2 Å². The third-order valence-corrected chi connectivity index (χ3v) is 6.69. The summed E-state index contributed by atoms with van der Waals surface area (Å²) in [4.78, 5) is 50.6. The molecule has 182 valence electrons. The fraction of sp³-hybridized carbons (Fsp3) is 0.292. The number of anilines is 1. The number of hydrogen-bond acceptors (Lipinski definition) is 8. The van der Waals surface area contributed by atoms with Crippen molar-refractivity contribution in [2.24, 2.45) is 0 Å². The summed E-state index contributed by atoms with van der Waals surface area (Å²) in [6.07, 6.45) is 3.92. The smallest absolute Gasteiger partial charge is 0.330 e. The number of nitrogens with one attached hydrogen (secondary N) is 2. The molecule has 11 heteroatoms. The van der Waals surface area contributed by atoms with Gasteiger partial charge in [0.2, 0.25) is 11.8 Å². The molecule has 0 unspecified atom stereocenters. The van der Waals surface area contributed by atoms with Crippen LogP contribution in [-0.2, 0) is 27.5 Å². The zero-order valence-corrected chi connectivity index (χ0v) is 20.2. The van der Waals surface area contributed by atoms with Gasteiger partial charge in [-0.05, 0) is 19.7 Å². The number of fused-ring (bicyclic) bond motifs is 3. The van der Waals surface area contributed by atoms with Crippen LogP contribution < -0.4 is 10.6 Å². The molecule has 0 spiro atoms. The largest absolute Gasteiger partial charge is 0.479 e. The molecule has 10 nitrogen and oxygen atoms in total. The molecule has 1 aromatic carbocycles. The maximum absolute atomic E-state index is 12.7. The number of carboxylic acid groups (broad SMARTS) is 1. The Balaban J connectivity index is 1.50. The second-order valence-electron chi connectivity index (χ2n) is 8.35. The average Bonchev–Trinajstić information content (AvgIpc) is 3.39. The number of benzene rings is 1. The minimum Gasteiger partial charge on any atom is -0.479 e. The van der Waals surface area contributed by atoms with Gasteiger partial charge in [0.25, 0.3) is 0 Å². The lowest BCUT2D eigenvalue weighted by Crippen LogP contribution is -2.30. The van der Waals surface area contributed by atoms with Gasteiger partial charge in [-0.15, -0.1) is 11.3 Å². The fourth-order valence-electron chi connectivity index (χ4n) is 3.80. The molecule has 1 aliphatic heterocycles. The lowest BCUT2D eigenvalue weighted by molar-refractivity contribution is -0.138. The first-order chi connectivity index (χ1) is 16.8. The summed E-state index contributed by atoms with van der Waals surface area (Å²) in [5, 5.41) is 16.3. The Morgan fingerprint density at radius 3 is 2.66 bits per heavy atom. The molecule has 3 aromatic rings. The number of nitrogens with zero attached hydrogens (tertiary/aromatic N) is 4. The predicted molar refractivity (Wildman–Crippen MR) is 133 cm³/mol. The predicted octanol–water partition coefficient (Wildman–Crippen LogP) is 2.01. The van der Waals surface area contributed by atoms with Gasteiger partial charge in [0.05, 0.1) is 11.9 Å². The summed E-state index contributed by atoms with van der Waals surface area (Å²) in [7, 11) is 3.83. The standard InChI is InChI=1S/C24H26N6O4S/c1-29(2)11-10-25-18(31)8-9-19(32)30-12-16-17(13-30)35-23-20(16)22(26-14-27-23)28-21(24(33)34)15-6-4-3-5-7-15/h3-9,14,21H,10-13H2,1-2H3,(H,25,31)(H,33,34)(H,26,27,28)/t21-/m0/s1. The highest BCUT2D eigenvalue weighted by molar-refractivity contribution is 7.19. The number of likely N-dealkylation sites (N-methyl/N-ethyl adjacent to an activating group) is 1. The summed E-state index contributed by atoms with van der Waals surface area (Å²) in [5.41, 5.74) is 1.49. The Hall–Kier alpha value is -3.83. The fourth-order valence-corrected chi connectivity index (χ4v) is 4.97. The van der Waals surface area contributed by atoms with Crippen LogP contribution in [-0.4, -0.2) is 69.8 Å². The van der Waals surface area contributed by atoms with E-state index in [4.69, 9.17) is 0 Å². The van der Waals surface area contributed by atoms with E-state index in [1.165, 1.54) is 29.8 Å². The normalized spacial score (nSPS) is 13.9. The molecule has 2 aromatic heterocycles. The van der Waals surface area contributed by atoms with Crippen LogP contribution in [0.5, 0.6) is 0 Å². The van der Waals surface area contributed by atoms with E-state index in [0.717, 1.165) is 20.7 Å². The Labute approximate surface area is 206 Å². The summed E-state index contributed by atoms with van der Waals surface area (Å²) >= 11 is 1.45. The summed E-state index contributed by atoms with van der Waals surface area (Å²) in [6, 6.07) is 7.88. The van der Waals surface area contributed by atoms with Crippen LogP contribution in [0, 0.1) is 0 Å². The molecule has 1 atom stereocenters. The molecule has 0 fully saturated rings. The number of carbonyl (C=O) groups excluding carboxylic acids is 2. The van der Waals surface area contributed by atoms with Crippen molar-refractivity contribution in [1.29, 1.82) is 0 Å². The average molecular weight is 495 g/mol. The van der Waals surface area contributed by atoms with E-state index in [2.05, 4.69) is 20.6 Å². The van der Waals surface area contributed by atoms with Crippen LogP contribution >= 0.6 is 11.3 Å². The second-order valence-corrected chi connectivity index (χ2v) is 9.44. The van der Waals surface area contributed by atoms with Gasteiger partial charge in [0.1, 0.15) is 17.0 Å². The molecule has 0 saturated heterocycles. The van der Waals surface area contributed by atoms with Gasteiger partial charge < -0.3 is 25.5 Å². The van der Waals surface area contributed by atoms with Gasteiger partial charge in [-0.25, -0.2) is 14.8 Å². The molecule has 4 rings (SSSR count). The number of thiophene rings is 1. The topological polar surface area (TPSA) is 128 Å². The van der Waals surface area contributed by atoms with Crippen molar-refractivity contribution in [2.75, 3.05) is 32.5 Å². The first-order valence-electron chi connectivity index (χ1n) is 11.0. The van der Waals surface area contributed by atoms with E-state index in [-0.39, 0.29) is 11.8 Å². The Morgan fingerprint density at radius 1 is 1.17 bits per heavy atom. The summed E-state index contributed by atoms with van der Waals surface area (Å²) in [5.74, 6) is -1.21. The summed E-state index contributed by atoms with van der Waals surface area (Å²) in [6.45, 7) is 1.92. The SMILES string of the molecule is CN(C)CCNC(=O)C=CC(=O)N1Cc2sc3ncnc(N[C@H](C(=O)O)c4ccccc4)c3c2C1. The van der Waals surface area contributed by atoms with Crippen LogP contribution in [0.4, 0.5) is 5.82 Å². The minimum atomic E-state index is -1.03. The Kier molecular flexibility index (Phi) is 7.37. The molecule has 0 radical (unpaired) electrons. The van der Waals surface area contributed by atoms with Crippen LogP contribution in [0.1, 0.15) is 22.0 Å². The van der Waals surface area contributed by atoms with Crippen molar-refractivity contribution < 1.29 is 19.5 Å². The van der Waals surface area contributed by atoms with Crippen LogP contribution in [0.3, 0.4) is 0 Å². The maximum Gasteiger partial charge on any atom is 0.330 e. The highest BCUT2D eigenvalue weighted by Gasteiger charge is 2.30. The van der Waals surface area contributed by atoms with E-state index in [0.29, 0.717) is 37.6 Å². The third kappa shape index (κ3) is 5.64. The Morgan fingerprint density at radius 2 is 1.94 bits per heavy atom. The van der Waals surface area contributed by atoms with E-state index in [1.807, 2.05) is 25.1 Å². The van der Waals surface area contributed by atoms with Crippen molar-refractivity contribution in [3.63, 3.8) is 0 Å². The molecular formula is C24H26N6O4S. The van der Waals surface area contributed by atoms with Gasteiger partial charge in [-0.1, -0.05) is 30.3 Å². The minimum absolute atomic E-state index is 0.275. The molecule has 3 N–H and O–H groups in total.